The molecule has 5 rings (SSSR count). The van der Waals surface area contributed by atoms with Gasteiger partial charge in [-0.3, -0.25) is 10.1 Å². The number of carbonyl (C=O) groups is 1. The summed E-state index contributed by atoms with van der Waals surface area (Å²) in [5.74, 6) is -0.177. The fourth-order valence-corrected chi connectivity index (χ4v) is 3.98. The quantitative estimate of drug-likeness (QED) is 0.739. The molecule has 3 aromatic rings. The molecule has 140 valence electrons. The van der Waals surface area contributed by atoms with Crippen LogP contribution in [0.1, 0.15) is 11.1 Å². The van der Waals surface area contributed by atoms with E-state index >= 15 is 0 Å². The number of nitrogens with zero attached hydrogens (tertiary/aromatic N) is 3. The standard InChI is InChI=1S/C22H21N5O/c28-22-20-19(17-8-6-16(7-9-17)12-26-11-10-23-15-26)13-27(21(20)24-14-25-22)18-4-2-1-3-5-18/h1-11,13,15,20-21,24H,12,14H2,(H,25,28). The van der Waals surface area contributed by atoms with E-state index < -0.39 is 0 Å². The summed E-state index contributed by atoms with van der Waals surface area (Å²) in [6.07, 6.45) is 7.58. The largest absolute Gasteiger partial charge is 0.343 e. The van der Waals surface area contributed by atoms with E-state index in [-0.39, 0.29) is 18.0 Å². The number of aromatic nitrogens is 2. The molecule has 1 amide bonds. The molecular weight excluding hydrogens is 350 g/mol. The van der Waals surface area contributed by atoms with E-state index in [1.165, 1.54) is 5.56 Å². The molecule has 6 nitrogen and oxygen atoms in total. The Balaban J connectivity index is 1.47. The minimum Gasteiger partial charge on any atom is -0.343 e. The van der Waals surface area contributed by atoms with E-state index in [4.69, 9.17) is 0 Å². The molecule has 2 unspecified atom stereocenters. The first-order valence-electron chi connectivity index (χ1n) is 9.41. The second-order valence-electron chi connectivity index (χ2n) is 7.10. The van der Waals surface area contributed by atoms with E-state index in [1.54, 1.807) is 6.20 Å². The van der Waals surface area contributed by atoms with Gasteiger partial charge in [-0.25, -0.2) is 4.98 Å². The number of hydrogen-bond acceptors (Lipinski definition) is 4. The van der Waals surface area contributed by atoms with Crippen molar-refractivity contribution in [2.75, 3.05) is 11.6 Å². The SMILES string of the molecule is O=C1NCNC2C1C(c1ccc(Cn3ccnc3)cc1)=CN2c1ccccc1. The first kappa shape index (κ1) is 16.8. The first-order valence-corrected chi connectivity index (χ1v) is 9.41. The van der Waals surface area contributed by atoms with E-state index in [2.05, 4.69) is 63.1 Å². The summed E-state index contributed by atoms with van der Waals surface area (Å²) in [5, 5.41) is 6.37. The summed E-state index contributed by atoms with van der Waals surface area (Å²) in [5.41, 5.74) is 4.38. The molecule has 0 aliphatic carbocycles. The van der Waals surface area contributed by atoms with Crippen molar-refractivity contribution in [2.45, 2.75) is 12.7 Å². The third kappa shape index (κ3) is 2.97. The summed E-state index contributed by atoms with van der Waals surface area (Å²) in [4.78, 5) is 18.9. The number of imidazole rings is 1. The van der Waals surface area contributed by atoms with Crippen LogP contribution >= 0.6 is 0 Å². The van der Waals surface area contributed by atoms with Gasteiger partial charge >= 0.3 is 0 Å². The van der Waals surface area contributed by atoms with Gasteiger partial charge in [0.15, 0.2) is 0 Å². The Kier molecular flexibility index (Phi) is 4.18. The molecule has 2 aliphatic rings. The average molecular weight is 371 g/mol. The number of nitrogens with one attached hydrogen (secondary N) is 2. The summed E-state index contributed by atoms with van der Waals surface area (Å²) >= 11 is 0. The summed E-state index contributed by atoms with van der Waals surface area (Å²) in [6.45, 7) is 1.26. The van der Waals surface area contributed by atoms with Crippen LogP contribution in [0.15, 0.2) is 79.5 Å². The van der Waals surface area contributed by atoms with E-state index in [9.17, 15) is 4.79 Å². The lowest BCUT2D eigenvalue weighted by Gasteiger charge is -2.34. The Morgan fingerprint density at radius 1 is 1.07 bits per heavy atom. The third-order valence-electron chi connectivity index (χ3n) is 5.35. The highest BCUT2D eigenvalue weighted by Gasteiger charge is 2.43. The predicted octanol–water partition coefficient (Wildman–Crippen LogP) is 2.41. The van der Waals surface area contributed by atoms with Crippen molar-refractivity contribution in [2.24, 2.45) is 5.92 Å². The Morgan fingerprint density at radius 3 is 2.64 bits per heavy atom. The lowest BCUT2D eigenvalue weighted by atomic mass is 9.91. The van der Waals surface area contributed by atoms with Gasteiger partial charge in [0.05, 0.1) is 18.9 Å². The van der Waals surface area contributed by atoms with Gasteiger partial charge in [-0.1, -0.05) is 42.5 Å². The highest BCUT2D eigenvalue weighted by molar-refractivity contribution is 5.96. The van der Waals surface area contributed by atoms with E-state index in [1.807, 2.05) is 35.3 Å². The third-order valence-corrected chi connectivity index (χ3v) is 5.35. The number of rotatable bonds is 4. The van der Waals surface area contributed by atoms with Crippen molar-refractivity contribution >= 4 is 17.2 Å². The zero-order valence-electron chi connectivity index (χ0n) is 15.3. The molecule has 1 aromatic heterocycles. The number of amides is 1. The summed E-state index contributed by atoms with van der Waals surface area (Å²) in [6, 6.07) is 18.6. The molecule has 0 radical (unpaired) electrons. The van der Waals surface area contributed by atoms with Crippen molar-refractivity contribution < 1.29 is 4.79 Å². The van der Waals surface area contributed by atoms with Gasteiger partial charge in [-0.05, 0) is 28.8 Å². The molecular formula is C22H21N5O. The molecule has 6 heteroatoms. The van der Waals surface area contributed by atoms with Gasteiger partial charge in [0.1, 0.15) is 6.17 Å². The first-order chi connectivity index (χ1) is 13.8. The number of anilines is 1. The highest BCUT2D eigenvalue weighted by Crippen LogP contribution is 2.38. The topological polar surface area (TPSA) is 62.2 Å². The Bertz CT molecular complexity index is 995. The van der Waals surface area contributed by atoms with E-state index in [0.29, 0.717) is 6.67 Å². The van der Waals surface area contributed by atoms with Gasteiger partial charge in [0.2, 0.25) is 5.91 Å². The summed E-state index contributed by atoms with van der Waals surface area (Å²) < 4.78 is 2.04. The zero-order valence-corrected chi connectivity index (χ0v) is 15.3. The van der Waals surface area contributed by atoms with Crippen LogP contribution in [0.2, 0.25) is 0 Å². The van der Waals surface area contributed by atoms with Crippen molar-refractivity contribution in [3.8, 4) is 0 Å². The van der Waals surface area contributed by atoms with Crippen LogP contribution in [-0.2, 0) is 11.3 Å². The van der Waals surface area contributed by atoms with Gasteiger partial charge in [-0.2, -0.15) is 0 Å². The van der Waals surface area contributed by atoms with E-state index in [0.717, 1.165) is 23.4 Å². The lowest BCUT2D eigenvalue weighted by molar-refractivity contribution is -0.125. The molecule has 0 spiro atoms. The number of fused-ring (bicyclic) bond motifs is 1. The van der Waals surface area contributed by atoms with Gasteiger partial charge in [0.25, 0.3) is 0 Å². The minimum atomic E-state index is -0.242. The molecule has 2 atom stereocenters. The fourth-order valence-electron chi connectivity index (χ4n) is 3.98. The van der Waals surface area contributed by atoms with Gasteiger partial charge in [0, 0.05) is 30.8 Å². The van der Waals surface area contributed by atoms with Crippen LogP contribution in [0.5, 0.6) is 0 Å². The van der Waals surface area contributed by atoms with Crippen LogP contribution in [-0.4, -0.2) is 28.3 Å². The number of carbonyl (C=O) groups excluding carboxylic acids is 1. The number of hydrogen-bond donors (Lipinski definition) is 2. The normalized spacial score (nSPS) is 21.2. The lowest BCUT2D eigenvalue weighted by Crippen LogP contribution is -2.58. The smallest absolute Gasteiger partial charge is 0.232 e. The second kappa shape index (κ2) is 6.98. The Hall–Kier alpha value is -3.38. The fraction of sp³-hybridized carbons (Fsp3) is 0.182. The molecule has 1 fully saturated rings. The van der Waals surface area contributed by atoms with Gasteiger partial charge in [-0.15, -0.1) is 0 Å². The highest BCUT2D eigenvalue weighted by atomic mass is 16.2. The van der Waals surface area contributed by atoms with Crippen molar-refractivity contribution in [1.82, 2.24) is 20.2 Å². The van der Waals surface area contributed by atoms with Crippen molar-refractivity contribution in [3.63, 3.8) is 0 Å². The van der Waals surface area contributed by atoms with Crippen molar-refractivity contribution in [1.29, 1.82) is 0 Å². The predicted molar refractivity (Wildman–Crippen MR) is 108 cm³/mol. The molecule has 2 N–H and O–H groups in total. The van der Waals surface area contributed by atoms with Crippen LogP contribution in [0.4, 0.5) is 5.69 Å². The molecule has 2 aromatic carbocycles. The van der Waals surface area contributed by atoms with Crippen LogP contribution in [0, 0.1) is 5.92 Å². The molecule has 3 heterocycles. The van der Waals surface area contributed by atoms with Crippen LogP contribution in [0.25, 0.3) is 5.57 Å². The maximum atomic E-state index is 12.7. The molecule has 1 saturated heterocycles. The minimum absolute atomic E-state index is 0.0657. The Morgan fingerprint density at radius 2 is 1.89 bits per heavy atom. The van der Waals surface area contributed by atoms with Crippen molar-refractivity contribution in [3.05, 3.63) is 90.6 Å². The molecule has 0 saturated carbocycles. The van der Waals surface area contributed by atoms with Crippen LogP contribution in [0.3, 0.4) is 0 Å². The van der Waals surface area contributed by atoms with Gasteiger partial charge < -0.3 is 14.8 Å². The zero-order chi connectivity index (χ0) is 18.9. The maximum Gasteiger partial charge on any atom is 0.232 e. The summed E-state index contributed by atoms with van der Waals surface area (Å²) in [7, 11) is 0. The van der Waals surface area contributed by atoms with Crippen LogP contribution < -0.4 is 15.5 Å². The molecule has 0 bridgehead atoms. The Labute approximate surface area is 163 Å². The second-order valence-corrected chi connectivity index (χ2v) is 7.10. The molecule has 28 heavy (non-hydrogen) atoms. The monoisotopic (exact) mass is 371 g/mol. The number of benzene rings is 2. The number of para-hydroxylation sites is 1. The molecule has 2 aliphatic heterocycles. The maximum absolute atomic E-state index is 12.7. The average Bonchev–Trinajstić information content (AvgIpc) is 3.38.